The van der Waals surface area contributed by atoms with E-state index in [1.807, 2.05) is 30.3 Å². The van der Waals surface area contributed by atoms with E-state index in [0.29, 0.717) is 24.0 Å². The quantitative estimate of drug-likeness (QED) is 0.302. The molecule has 1 amide bonds. The fourth-order valence-corrected chi connectivity index (χ4v) is 7.73. The number of ether oxygens (including phenoxy) is 1. The molecule has 1 fully saturated rings. The van der Waals surface area contributed by atoms with Crippen molar-refractivity contribution in [1.82, 2.24) is 4.72 Å². The number of carbonyl (C=O) groups is 1. The van der Waals surface area contributed by atoms with E-state index in [9.17, 15) is 9.90 Å². The van der Waals surface area contributed by atoms with Crippen LogP contribution in [0.2, 0.25) is 5.02 Å². The lowest BCUT2D eigenvalue weighted by Crippen LogP contribution is -2.49. The number of hydrogen-bond acceptors (Lipinski definition) is 5. The van der Waals surface area contributed by atoms with E-state index in [-0.39, 0.29) is 17.2 Å². The molecule has 5 nitrogen and oxygen atoms in total. The SMILES string of the molecule is C[C@@H]1C/C=C\[C@H](O)[C@@H]2CC[C@H]2CN2C[C@@]3(CCCc4cc(Cl)ccc43)COc3ccc(cc32)C(=O)NSC1. The summed E-state index contributed by atoms with van der Waals surface area (Å²) in [6, 6.07) is 12.2. The van der Waals surface area contributed by atoms with Crippen LogP contribution in [0.1, 0.15) is 60.5 Å². The van der Waals surface area contributed by atoms with Crippen LogP contribution in [-0.4, -0.2) is 42.6 Å². The Morgan fingerprint density at radius 3 is 2.95 bits per heavy atom. The van der Waals surface area contributed by atoms with Crippen LogP contribution >= 0.6 is 23.5 Å². The van der Waals surface area contributed by atoms with Crippen molar-refractivity contribution in [2.75, 3.05) is 30.3 Å². The normalized spacial score (nSPS) is 32.2. The van der Waals surface area contributed by atoms with Gasteiger partial charge in [-0.05, 0) is 110 Å². The second-order valence-corrected chi connectivity index (χ2v) is 13.1. The van der Waals surface area contributed by atoms with Crippen LogP contribution in [0.5, 0.6) is 5.75 Å². The van der Waals surface area contributed by atoms with Crippen LogP contribution in [-0.2, 0) is 11.8 Å². The summed E-state index contributed by atoms with van der Waals surface area (Å²) in [5.74, 6) is 2.65. The van der Waals surface area contributed by atoms with Crippen molar-refractivity contribution >= 4 is 35.1 Å². The highest BCUT2D eigenvalue weighted by molar-refractivity contribution is 7.97. The van der Waals surface area contributed by atoms with Crippen molar-refractivity contribution in [2.24, 2.45) is 17.8 Å². The van der Waals surface area contributed by atoms with Crippen LogP contribution in [0, 0.1) is 17.8 Å². The molecule has 2 bridgehead atoms. The summed E-state index contributed by atoms with van der Waals surface area (Å²) >= 11 is 7.85. The maximum absolute atomic E-state index is 13.1. The highest BCUT2D eigenvalue weighted by Gasteiger charge is 2.44. The molecule has 0 aromatic heterocycles. The molecule has 6 rings (SSSR count). The first kappa shape index (κ1) is 26.1. The van der Waals surface area contributed by atoms with Crippen molar-refractivity contribution < 1.29 is 14.6 Å². The molecular formula is C31H37ClN2O3S. The van der Waals surface area contributed by atoms with Gasteiger partial charge in [0.2, 0.25) is 0 Å². The van der Waals surface area contributed by atoms with Crippen LogP contribution < -0.4 is 14.4 Å². The number of benzene rings is 2. The minimum atomic E-state index is -0.415. The smallest absolute Gasteiger partial charge is 0.261 e. The van der Waals surface area contributed by atoms with Gasteiger partial charge in [0.15, 0.2) is 0 Å². The average Bonchev–Trinajstić information content (AvgIpc) is 3.03. The van der Waals surface area contributed by atoms with Crippen LogP contribution in [0.25, 0.3) is 0 Å². The third kappa shape index (κ3) is 5.07. The summed E-state index contributed by atoms with van der Waals surface area (Å²) in [5, 5.41) is 11.8. The van der Waals surface area contributed by atoms with E-state index in [2.05, 4.69) is 34.8 Å². The molecule has 2 aliphatic carbocycles. The second-order valence-electron chi connectivity index (χ2n) is 11.8. The largest absolute Gasteiger partial charge is 0.490 e. The number of rotatable bonds is 0. The van der Waals surface area contributed by atoms with Crippen molar-refractivity contribution in [3.8, 4) is 5.75 Å². The Kier molecular flexibility index (Phi) is 7.41. The monoisotopic (exact) mass is 552 g/mol. The van der Waals surface area contributed by atoms with Gasteiger partial charge in [-0.2, -0.15) is 0 Å². The number of aryl methyl sites for hydroxylation is 1. The number of halogens is 1. The Morgan fingerprint density at radius 2 is 2.11 bits per heavy atom. The Morgan fingerprint density at radius 1 is 1.21 bits per heavy atom. The number of hydrogen-bond donors (Lipinski definition) is 2. The first-order chi connectivity index (χ1) is 18.4. The van der Waals surface area contributed by atoms with Crippen molar-refractivity contribution in [1.29, 1.82) is 0 Å². The van der Waals surface area contributed by atoms with Gasteiger partial charge in [-0.25, -0.2) is 0 Å². The van der Waals surface area contributed by atoms with Gasteiger partial charge in [0.25, 0.3) is 5.91 Å². The van der Waals surface area contributed by atoms with E-state index >= 15 is 0 Å². The topological polar surface area (TPSA) is 61.8 Å². The summed E-state index contributed by atoms with van der Waals surface area (Å²) in [7, 11) is 0. The molecule has 4 aliphatic rings. The van der Waals surface area contributed by atoms with Crippen LogP contribution in [0.15, 0.2) is 48.6 Å². The lowest BCUT2D eigenvalue weighted by molar-refractivity contribution is 0.0456. The number of allylic oxidation sites excluding steroid dienone is 1. The van der Waals surface area contributed by atoms with Crippen LogP contribution in [0.3, 0.4) is 0 Å². The Balaban J connectivity index is 1.39. The van der Waals surface area contributed by atoms with Crippen LogP contribution in [0.4, 0.5) is 5.69 Å². The zero-order valence-electron chi connectivity index (χ0n) is 22.0. The molecule has 2 heterocycles. The van der Waals surface area contributed by atoms with E-state index in [4.69, 9.17) is 16.3 Å². The average molecular weight is 553 g/mol. The summed E-state index contributed by atoms with van der Waals surface area (Å²) in [5.41, 5.74) is 4.15. The molecule has 2 N–H and O–H groups in total. The van der Waals surface area contributed by atoms with Crippen molar-refractivity contribution in [3.05, 3.63) is 70.3 Å². The van der Waals surface area contributed by atoms with Crippen molar-refractivity contribution in [2.45, 2.75) is 57.0 Å². The lowest BCUT2D eigenvalue weighted by Gasteiger charge is -2.45. The molecule has 202 valence electrons. The predicted molar refractivity (Wildman–Crippen MR) is 155 cm³/mol. The summed E-state index contributed by atoms with van der Waals surface area (Å²) < 4.78 is 9.61. The molecule has 0 radical (unpaired) electrons. The third-order valence-electron chi connectivity index (χ3n) is 9.07. The number of fused-ring (bicyclic) bond motifs is 4. The number of anilines is 1. The van der Waals surface area contributed by atoms with Gasteiger partial charge in [0.1, 0.15) is 5.75 Å². The number of aliphatic hydroxyl groups is 1. The highest BCUT2D eigenvalue weighted by atomic mass is 35.5. The molecular weight excluding hydrogens is 516 g/mol. The Bertz CT molecular complexity index is 1240. The summed E-state index contributed by atoms with van der Waals surface area (Å²) in [4.78, 5) is 15.6. The van der Waals surface area contributed by atoms with Gasteiger partial charge in [-0.15, -0.1) is 0 Å². The third-order valence-corrected chi connectivity index (χ3v) is 10.4. The minimum Gasteiger partial charge on any atom is -0.490 e. The summed E-state index contributed by atoms with van der Waals surface area (Å²) in [6.45, 7) is 4.44. The molecule has 2 aromatic rings. The molecule has 1 saturated carbocycles. The number of aliphatic hydroxyl groups excluding tert-OH is 1. The van der Waals surface area contributed by atoms with E-state index < -0.39 is 6.10 Å². The Hall–Kier alpha value is -2.15. The standard InChI is InChI=1S/C31H37ClN2O3S/c1-20-4-2-6-28(35)25-10-7-23(25)16-34-18-31(13-3-5-21-14-24(32)9-11-26(21)31)19-37-29-12-8-22(15-27(29)34)30(36)33-38-17-20/h2,6,8-9,11-12,14-15,20,23,25,28,35H,3-5,7,10,13,16-19H2,1H3,(H,33,36)/b6-2-/t20-,23+,25-,28+,31+/m1/s1. The van der Waals surface area contributed by atoms with Gasteiger partial charge in [0, 0.05) is 34.8 Å². The number of nitrogens with zero attached hydrogens (tertiary/aromatic N) is 1. The first-order valence-corrected chi connectivity index (χ1v) is 15.4. The van der Waals surface area contributed by atoms with Crippen molar-refractivity contribution in [3.63, 3.8) is 0 Å². The molecule has 0 unspecified atom stereocenters. The zero-order valence-corrected chi connectivity index (χ0v) is 23.6. The number of nitrogens with one attached hydrogen (secondary N) is 1. The highest BCUT2D eigenvalue weighted by Crippen LogP contribution is 2.46. The summed E-state index contributed by atoms with van der Waals surface area (Å²) in [6.07, 6.45) is 9.94. The van der Waals surface area contributed by atoms with Gasteiger partial charge in [-0.1, -0.05) is 36.7 Å². The van der Waals surface area contributed by atoms with Gasteiger partial charge >= 0.3 is 0 Å². The lowest BCUT2D eigenvalue weighted by atomic mass is 9.68. The second kappa shape index (κ2) is 10.8. The van der Waals surface area contributed by atoms with E-state index in [1.165, 1.54) is 23.1 Å². The van der Waals surface area contributed by atoms with E-state index in [1.54, 1.807) is 0 Å². The van der Waals surface area contributed by atoms with Gasteiger partial charge < -0.3 is 14.7 Å². The molecule has 1 spiro atoms. The molecule has 38 heavy (non-hydrogen) atoms. The Labute approximate surface area is 235 Å². The van der Waals surface area contributed by atoms with E-state index in [0.717, 1.165) is 73.8 Å². The molecule has 7 heteroatoms. The maximum Gasteiger partial charge on any atom is 0.261 e. The van der Waals surface area contributed by atoms with Gasteiger partial charge in [0.05, 0.1) is 18.4 Å². The first-order valence-electron chi connectivity index (χ1n) is 14.0. The molecule has 2 aliphatic heterocycles. The zero-order chi connectivity index (χ0) is 26.3. The number of amides is 1. The van der Waals surface area contributed by atoms with Gasteiger partial charge in [-0.3, -0.25) is 9.52 Å². The fourth-order valence-electron chi connectivity index (χ4n) is 6.78. The molecule has 2 aromatic carbocycles. The minimum absolute atomic E-state index is 0.0684. The molecule has 0 saturated heterocycles. The number of carbonyl (C=O) groups excluding carboxylic acids is 1. The fraction of sp³-hybridized carbons (Fsp3) is 0.516. The predicted octanol–water partition coefficient (Wildman–Crippen LogP) is 6.17. The molecule has 5 atom stereocenters. The maximum atomic E-state index is 13.1.